The predicted molar refractivity (Wildman–Crippen MR) is 106 cm³/mol. The van der Waals surface area contributed by atoms with E-state index in [1.165, 1.54) is 11.1 Å². The summed E-state index contributed by atoms with van der Waals surface area (Å²) in [5.74, 6) is 0.942. The number of methoxy groups -OCH3 is 1. The number of carbonyl (C=O) groups is 1. The Bertz CT molecular complexity index is 823. The lowest BCUT2D eigenvalue weighted by atomic mass is 9.98. The van der Waals surface area contributed by atoms with Gasteiger partial charge in [0.1, 0.15) is 11.5 Å². The molecule has 0 saturated carbocycles. The van der Waals surface area contributed by atoms with Crippen molar-refractivity contribution in [2.75, 3.05) is 32.6 Å². The zero-order valence-electron chi connectivity index (χ0n) is 15.3. The molecule has 0 saturated heterocycles. The van der Waals surface area contributed by atoms with Crippen molar-refractivity contribution in [1.82, 2.24) is 4.90 Å². The number of ether oxygens (including phenoxy) is 2. The molecule has 1 amide bonds. The van der Waals surface area contributed by atoms with E-state index in [4.69, 9.17) is 9.47 Å². The van der Waals surface area contributed by atoms with E-state index in [9.17, 15) is 4.79 Å². The van der Waals surface area contributed by atoms with Crippen LogP contribution in [0.5, 0.6) is 11.5 Å². The third-order valence-corrected chi connectivity index (χ3v) is 5.12. The number of rotatable bonds is 5. The number of nitrogens with one attached hydrogen (secondary N) is 1. The maximum absolute atomic E-state index is 12.9. The van der Waals surface area contributed by atoms with Gasteiger partial charge < -0.3 is 19.7 Å². The van der Waals surface area contributed by atoms with Crippen LogP contribution in [0.4, 0.5) is 5.69 Å². The van der Waals surface area contributed by atoms with E-state index in [-0.39, 0.29) is 5.91 Å². The Morgan fingerprint density at radius 1 is 1.31 bits per heavy atom. The molecule has 0 spiro atoms. The lowest BCUT2D eigenvalue weighted by molar-refractivity contribution is 0.102. The maximum atomic E-state index is 12.9. The quantitative estimate of drug-likeness (QED) is 0.793. The second-order valence-corrected chi connectivity index (χ2v) is 7.16. The number of benzene rings is 2. The maximum Gasteiger partial charge on any atom is 0.259 e. The summed E-state index contributed by atoms with van der Waals surface area (Å²) in [7, 11) is 3.66. The first kappa shape index (κ1) is 18.7. The van der Waals surface area contributed by atoms with Crippen LogP contribution < -0.4 is 14.8 Å². The minimum atomic E-state index is -0.196. The zero-order valence-corrected chi connectivity index (χ0v) is 16.9. The fraction of sp³-hybridized carbons (Fsp3) is 0.350. The fourth-order valence-electron chi connectivity index (χ4n) is 3.20. The monoisotopic (exact) mass is 418 g/mol. The Labute approximate surface area is 162 Å². The average Bonchev–Trinajstić information content (AvgIpc) is 2.63. The normalized spacial score (nSPS) is 13.8. The highest BCUT2D eigenvalue weighted by molar-refractivity contribution is 9.10. The molecule has 1 heterocycles. The van der Waals surface area contributed by atoms with Crippen molar-refractivity contribution in [2.45, 2.75) is 19.9 Å². The van der Waals surface area contributed by atoms with Crippen LogP contribution >= 0.6 is 15.9 Å². The van der Waals surface area contributed by atoms with Gasteiger partial charge in [-0.2, -0.15) is 0 Å². The number of fused-ring (bicyclic) bond motifs is 1. The number of carbonyl (C=O) groups excluding carboxylic acids is 1. The lowest BCUT2D eigenvalue weighted by Crippen LogP contribution is -2.27. The van der Waals surface area contributed by atoms with Gasteiger partial charge in [-0.25, -0.2) is 0 Å². The summed E-state index contributed by atoms with van der Waals surface area (Å²) >= 11 is 3.47. The lowest BCUT2D eigenvalue weighted by Gasteiger charge is -2.26. The number of amides is 1. The van der Waals surface area contributed by atoms with Gasteiger partial charge in [-0.1, -0.05) is 12.1 Å². The molecule has 3 rings (SSSR count). The molecule has 138 valence electrons. The van der Waals surface area contributed by atoms with Gasteiger partial charge in [0.2, 0.25) is 0 Å². The molecule has 0 unspecified atom stereocenters. The highest BCUT2D eigenvalue weighted by Crippen LogP contribution is 2.34. The molecule has 6 heteroatoms. The molecule has 0 fully saturated rings. The molecular formula is C20H23BrN2O3. The van der Waals surface area contributed by atoms with Gasteiger partial charge in [0.25, 0.3) is 5.91 Å². The summed E-state index contributed by atoms with van der Waals surface area (Å²) in [6, 6.07) is 9.53. The van der Waals surface area contributed by atoms with Gasteiger partial charge in [-0.15, -0.1) is 0 Å². The number of anilines is 1. The minimum absolute atomic E-state index is 0.196. The van der Waals surface area contributed by atoms with Crippen molar-refractivity contribution in [3.63, 3.8) is 0 Å². The summed E-state index contributed by atoms with van der Waals surface area (Å²) in [4.78, 5) is 15.2. The summed E-state index contributed by atoms with van der Waals surface area (Å²) in [6.45, 7) is 4.34. The van der Waals surface area contributed by atoms with Gasteiger partial charge in [0, 0.05) is 24.8 Å². The standard InChI is InChI=1S/C20H23BrN2O3/c1-4-26-19-11-18(25-3)15(10-16(19)21)20(24)22-17-7-5-6-13-12-23(2)9-8-14(13)17/h5-7,10-11H,4,8-9,12H2,1-3H3,(H,22,24). The average molecular weight is 419 g/mol. The smallest absolute Gasteiger partial charge is 0.259 e. The fourth-order valence-corrected chi connectivity index (χ4v) is 3.66. The van der Waals surface area contributed by atoms with E-state index in [1.807, 2.05) is 19.1 Å². The summed E-state index contributed by atoms with van der Waals surface area (Å²) in [5.41, 5.74) is 3.81. The zero-order chi connectivity index (χ0) is 18.7. The van der Waals surface area contributed by atoms with Crippen LogP contribution in [0.2, 0.25) is 0 Å². The van der Waals surface area contributed by atoms with E-state index in [1.54, 1.807) is 19.2 Å². The Balaban J connectivity index is 1.89. The van der Waals surface area contributed by atoms with E-state index >= 15 is 0 Å². The molecule has 1 aliphatic heterocycles. The van der Waals surface area contributed by atoms with Crippen LogP contribution in [-0.2, 0) is 13.0 Å². The molecule has 2 aromatic rings. The molecule has 0 aromatic heterocycles. The second-order valence-electron chi connectivity index (χ2n) is 6.30. The highest BCUT2D eigenvalue weighted by atomic mass is 79.9. The summed E-state index contributed by atoms with van der Waals surface area (Å²) < 4.78 is 11.7. The summed E-state index contributed by atoms with van der Waals surface area (Å²) in [5, 5.41) is 3.06. The van der Waals surface area contributed by atoms with Crippen LogP contribution in [0.3, 0.4) is 0 Å². The van der Waals surface area contributed by atoms with E-state index in [0.717, 1.165) is 29.7 Å². The molecule has 5 nitrogen and oxygen atoms in total. The van der Waals surface area contributed by atoms with Crippen molar-refractivity contribution in [3.05, 3.63) is 51.5 Å². The van der Waals surface area contributed by atoms with Gasteiger partial charge >= 0.3 is 0 Å². The van der Waals surface area contributed by atoms with E-state index in [0.29, 0.717) is 23.7 Å². The van der Waals surface area contributed by atoms with E-state index in [2.05, 4.69) is 39.3 Å². The van der Waals surface area contributed by atoms with E-state index < -0.39 is 0 Å². The number of nitrogens with zero attached hydrogens (tertiary/aromatic N) is 1. The van der Waals surface area contributed by atoms with Crippen LogP contribution in [-0.4, -0.2) is 38.1 Å². The first-order chi connectivity index (χ1) is 12.5. The Morgan fingerprint density at radius 3 is 2.85 bits per heavy atom. The Kier molecular flexibility index (Phi) is 5.84. The van der Waals surface area contributed by atoms with Crippen molar-refractivity contribution >= 4 is 27.5 Å². The van der Waals surface area contributed by atoms with Crippen LogP contribution in [0.15, 0.2) is 34.8 Å². The molecule has 0 radical (unpaired) electrons. The van der Waals surface area contributed by atoms with Crippen LogP contribution in [0.1, 0.15) is 28.4 Å². The predicted octanol–water partition coefficient (Wildman–Crippen LogP) is 4.10. The molecule has 0 bridgehead atoms. The first-order valence-corrected chi connectivity index (χ1v) is 9.43. The molecule has 1 N–H and O–H groups in total. The molecular weight excluding hydrogens is 396 g/mol. The van der Waals surface area contributed by atoms with Crippen LogP contribution in [0, 0.1) is 0 Å². The van der Waals surface area contributed by atoms with Gasteiger partial charge in [-0.3, -0.25) is 4.79 Å². The molecule has 1 aliphatic rings. The third-order valence-electron chi connectivity index (χ3n) is 4.50. The first-order valence-electron chi connectivity index (χ1n) is 8.64. The highest BCUT2D eigenvalue weighted by Gasteiger charge is 2.20. The SMILES string of the molecule is CCOc1cc(OC)c(C(=O)Nc2cccc3c2CCN(C)C3)cc1Br. The van der Waals surface area contributed by atoms with Gasteiger partial charge in [0.05, 0.1) is 23.8 Å². The largest absolute Gasteiger partial charge is 0.496 e. The summed E-state index contributed by atoms with van der Waals surface area (Å²) in [6.07, 6.45) is 0.923. The molecule has 0 atom stereocenters. The number of hydrogen-bond acceptors (Lipinski definition) is 4. The van der Waals surface area contributed by atoms with Crippen LogP contribution in [0.25, 0.3) is 0 Å². The second kappa shape index (κ2) is 8.10. The number of likely N-dealkylation sites (N-methyl/N-ethyl adjacent to an activating group) is 1. The van der Waals surface area contributed by atoms with Crippen molar-refractivity contribution in [2.24, 2.45) is 0 Å². The topological polar surface area (TPSA) is 50.8 Å². The number of hydrogen-bond donors (Lipinski definition) is 1. The Hall–Kier alpha value is -2.05. The number of halogens is 1. The minimum Gasteiger partial charge on any atom is -0.496 e. The van der Waals surface area contributed by atoms with Crippen molar-refractivity contribution in [3.8, 4) is 11.5 Å². The molecule has 26 heavy (non-hydrogen) atoms. The van der Waals surface area contributed by atoms with Crippen molar-refractivity contribution in [1.29, 1.82) is 0 Å². The molecule has 0 aliphatic carbocycles. The Morgan fingerprint density at radius 2 is 2.12 bits per heavy atom. The third kappa shape index (κ3) is 3.86. The van der Waals surface area contributed by atoms with Crippen molar-refractivity contribution < 1.29 is 14.3 Å². The van der Waals surface area contributed by atoms with Gasteiger partial charge in [0.15, 0.2) is 0 Å². The molecule has 2 aromatic carbocycles. The van der Waals surface area contributed by atoms with Gasteiger partial charge in [-0.05, 0) is 59.6 Å².